The zero-order valence-corrected chi connectivity index (χ0v) is 36.8. The highest BCUT2D eigenvalue weighted by Crippen LogP contribution is 2.43. The van der Waals surface area contributed by atoms with Gasteiger partial charge in [-0.25, -0.2) is 4.57 Å². The summed E-state index contributed by atoms with van der Waals surface area (Å²) < 4.78 is 33.4. The van der Waals surface area contributed by atoms with Gasteiger partial charge in [0.15, 0.2) is 6.10 Å². The number of unbranched alkanes of at least 4 members (excludes halogenated alkanes) is 21. The van der Waals surface area contributed by atoms with Crippen LogP contribution in [0.3, 0.4) is 0 Å². The molecule has 0 saturated heterocycles. The molecule has 0 heterocycles. The van der Waals surface area contributed by atoms with Crippen LogP contribution in [0.4, 0.5) is 0 Å². The van der Waals surface area contributed by atoms with Gasteiger partial charge in [-0.15, -0.1) is 0 Å². The number of phosphoric acid groups is 1. The van der Waals surface area contributed by atoms with Gasteiger partial charge in [-0.2, -0.15) is 0 Å². The molecule has 0 aliphatic rings. The van der Waals surface area contributed by atoms with Crippen molar-refractivity contribution < 1.29 is 37.6 Å². The summed E-state index contributed by atoms with van der Waals surface area (Å²) in [6.07, 6.45) is 43.3. The lowest BCUT2D eigenvalue weighted by atomic mass is 10.0. The molecule has 0 fully saturated rings. The number of carbonyl (C=O) groups is 2. The van der Waals surface area contributed by atoms with Gasteiger partial charge in [0.2, 0.25) is 0 Å². The molecule has 0 spiro atoms. The lowest BCUT2D eigenvalue weighted by Crippen LogP contribution is -2.29. The zero-order chi connectivity index (χ0) is 40.5. The number of likely N-dealkylation sites (N-methyl/N-ethyl adjacent to an activating group) is 1. The minimum atomic E-state index is -4.37. The number of phosphoric ester groups is 1. The third-order valence-corrected chi connectivity index (χ3v) is 10.4. The van der Waals surface area contributed by atoms with Crippen molar-refractivity contribution in [3.05, 3.63) is 36.5 Å². The van der Waals surface area contributed by atoms with E-state index in [0.717, 1.165) is 51.4 Å². The molecule has 10 heteroatoms. The van der Waals surface area contributed by atoms with Crippen molar-refractivity contribution in [1.82, 2.24) is 4.90 Å². The Kier molecular flexibility index (Phi) is 39.1. The quantitative estimate of drug-likeness (QED) is 0.0280. The number of hydrogen-bond donors (Lipinski definition) is 1. The van der Waals surface area contributed by atoms with Crippen molar-refractivity contribution in [1.29, 1.82) is 0 Å². The van der Waals surface area contributed by atoms with Gasteiger partial charge in [0.05, 0.1) is 13.2 Å². The number of rotatable bonds is 41. The highest BCUT2D eigenvalue weighted by atomic mass is 31.2. The molecule has 0 bridgehead atoms. The van der Waals surface area contributed by atoms with Crippen LogP contribution in [0, 0.1) is 0 Å². The SMILES string of the molecule is CCCCC/C=C\C/C=C\C/C=C\CCCCC(=O)OC(COC(=O)CCCCCCCCCCCCCCCCCCC)COP(=O)(O)OCCN(C)C. The first-order chi connectivity index (χ1) is 26.7. The molecule has 322 valence electrons. The normalized spacial score (nSPS) is 13.7. The molecule has 0 aliphatic heterocycles. The minimum Gasteiger partial charge on any atom is -0.462 e. The Bertz CT molecular complexity index is 1010. The third kappa shape index (κ3) is 41.7. The van der Waals surface area contributed by atoms with Gasteiger partial charge < -0.3 is 19.3 Å². The van der Waals surface area contributed by atoms with Crippen LogP contribution in [0.25, 0.3) is 0 Å². The first-order valence-electron chi connectivity index (χ1n) is 22.3. The van der Waals surface area contributed by atoms with Gasteiger partial charge in [-0.1, -0.05) is 166 Å². The van der Waals surface area contributed by atoms with Gasteiger partial charge in [0, 0.05) is 19.4 Å². The molecule has 0 aromatic carbocycles. The number of nitrogens with zero attached hydrogens (tertiary/aromatic N) is 1. The minimum absolute atomic E-state index is 0.000840. The Morgan fingerprint density at radius 2 is 0.982 bits per heavy atom. The second kappa shape index (κ2) is 40.4. The summed E-state index contributed by atoms with van der Waals surface area (Å²) in [4.78, 5) is 37.0. The van der Waals surface area contributed by atoms with Crippen molar-refractivity contribution in [2.45, 2.75) is 200 Å². The summed E-state index contributed by atoms with van der Waals surface area (Å²) in [7, 11) is -0.728. The summed E-state index contributed by atoms with van der Waals surface area (Å²) in [6.45, 7) is 4.26. The average Bonchev–Trinajstić information content (AvgIpc) is 3.15. The summed E-state index contributed by atoms with van der Waals surface area (Å²) >= 11 is 0. The number of hydrogen-bond acceptors (Lipinski definition) is 8. The van der Waals surface area contributed by atoms with Gasteiger partial charge in [-0.3, -0.25) is 18.6 Å². The second-order valence-electron chi connectivity index (χ2n) is 15.2. The van der Waals surface area contributed by atoms with Gasteiger partial charge in [0.1, 0.15) is 6.61 Å². The highest BCUT2D eigenvalue weighted by Gasteiger charge is 2.26. The molecular weight excluding hydrogens is 713 g/mol. The Balaban J connectivity index is 4.31. The fraction of sp³-hybridized carbons (Fsp3) is 0.822. The Hall–Kier alpha value is -1.77. The number of allylic oxidation sites excluding steroid dienone is 6. The van der Waals surface area contributed by atoms with Crippen LogP contribution >= 0.6 is 7.82 Å². The fourth-order valence-electron chi connectivity index (χ4n) is 5.99. The monoisotopic (exact) mass is 798 g/mol. The van der Waals surface area contributed by atoms with Crippen LogP contribution in [-0.2, 0) is 32.7 Å². The summed E-state index contributed by atoms with van der Waals surface area (Å²) in [5.41, 5.74) is 0. The molecule has 55 heavy (non-hydrogen) atoms. The second-order valence-corrected chi connectivity index (χ2v) is 16.7. The van der Waals surface area contributed by atoms with E-state index in [1.54, 1.807) is 0 Å². The molecule has 0 rings (SSSR count). The van der Waals surface area contributed by atoms with E-state index in [-0.39, 0.29) is 32.0 Å². The number of ether oxygens (including phenoxy) is 2. The van der Waals surface area contributed by atoms with Crippen molar-refractivity contribution in [3.8, 4) is 0 Å². The van der Waals surface area contributed by atoms with Crippen LogP contribution in [0.2, 0.25) is 0 Å². The topological polar surface area (TPSA) is 112 Å². The Morgan fingerprint density at radius 1 is 0.564 bits per heavy atom. The van der Waals surface area contributed by atoms with Crippen LogP contribution < -0.4 is 0 Å². The predicted octanol–water partition coefficient (Wildman–Crippen LogP) is 12.8. The molecule has 9 nitrogen and oxygen atoms in total. The smallest absolute Gasteiger partial charge is 0.462 e. The van der Waals surface area contributed by atoms with Crippen molar-refractivity contribution in [3.63, 3.8) is 0 Å². The molecule has 2 atom stereocenters. The Labute approximate surface area is 338 Å². The lowest BCUT2D eigenvalue weighted by Gasteiger charge is -2.20. The molecule has 0 amide bonds. The maximum absolute atomic E-state index is 12.6. The van der Waals surface area contributed by atoms with Crippen molar-refractivity contribution in [2.24, 2.45) is 0 Å². The maximum Gasteiger partial charge on any atom is 0.472 e. The molecule has 0 saturated carbocycles. The van der Waals surface area contributed by atoms with Crippen LogP contribution in [-0.4, -0.2) is 68.3 Å². The molecule has 1 N–H and O–H groups in total. The van der Waals surface area contributed by atoms with Crippen LogP contribution in [0.15, 0.2) is 36.5 Å². The lowest BCUT2D eigenvalue weighted by molar-refractivity contribution is -0.161. The van der Waals surface area contributed by atoms with E-state index in [1.807, 2.05) is 19.0 Å². The van der Waals surface area contributed by atoms with Gasteiger partial charge in [0.25, 0.3) is 0 Å². The highest BCUT2D eigenvalue weighted by molar-refractivity contribution is 7.47. The van der Waals surface area contributed by atoms with E-state index in [0.29, 0.717) is 13.0 Å². The summed E-state index contributed by atoms with van der Waals surface area (Å²) in [5.74, 6) is -0.842. The molecule has 2 unspecified atom stereocenters. The zero-order valence-electron chi connectivity index (χ0n) is 35.9. The first-order valence-corrected chi connectivity index (χ1v) is 23.8. The first kappa shape index (κ1) is 53.2. The maximum atomic E-state index is 12.6. The summed E-state index contributed by atoms with van der Waals surface area (Å²) in [6, 6.07) is 0. The van der Waals surface area contributed by atoms with E-state index < -0.39 is 26.5 Å². The molecule has 0 aliphatic carbocycles. The summed E-state index contributed by atoms with van der Waals surface area (Å²) in [5, 5.41) is 0. The van der Waals surface area contributed by atoms with Gasteiger partial charge >= 0.3 is 19.8 Å². The van der Waals surface area contributed by atoms with Crippen molar-refractivity contribution >= 4 is 19.8 Å². The predicted molar refractivity (Wildman–Crippen MR) is 229 cm³/mol. The van der Waals surface area contributed by atoms with E-state index >= 15 is 0 Å². The molecule has 0 aromatic rings. The van der Waals surface area contributed by atoms with Crippen LogP contribution in [0.5, 0.6) is 0 Å². The van der Waals surface area contributed by atoms with E-state index in [1.165, 1.54) is 109 Å². The van der Waals surface area contributed by atoms with Crippen LogP contribution in [0.1, 0.15) is 194 Å². The van der Waals surface area contributed by atoms with E-state index in [9.17, 15) is 19.0 Å². The Morgan fingerprint density at radius 3 is 1.49 bits per heavy atom. The largest absolute Gasteiger partial charge is 0.472 e. The van der Waals surface area contributed by atoms with E-state index in [2.05, 4.69) is 50.3 Å². The number of carbonyl (C=O) groups excluding carboxylic acids is 2. The fourth-order valence-corrected chi connectivity index (χ4v) is 6.73. The number of esters is 2. The molecular formula is C45H84NO8P. The standard InChI is InChI=1S/C45H84NO8P/c1-5-7-9-11-13-15-17-19-21-22-24-25-27-29-31-33-35-37-44(47)51-41-43(42-53-55(49,50)52-40-39-46(3)4)54-45(48)38-36-34-32-30-28-26-23-20-18-16-14-12-10-8-6-2/h14,16,20,23,28,30,43H,5-13,15,17-19,21-22,24-27,29,31-42H2,1-4H3,(H,49,50)/b16-14-,23-20-,30-28-. The van der Waals surface area contributed by atoms with Gasteiger partial charge in [-0.05, 0) is 65.5 Å². The average molecular weight is 798 g/mol. The molecule has 0 aromatic heterocycles. The third-order valence-electron chi connectivity index (χ3n) is 9.45. The van der Waals surface area contributed by atoms with Crippen molar-refractivity contribution in [2.75, 3.05) is 40.5 Å². The van der Waals surface area contributed by atoms with E-state index in [4.69, 9.17) is 18.5 Å². The molecule has 0 radical (unpaired) electrons.